The fourth-order valence-corrected chi connectivity index (χ4v) is 2.52. The molecule has 1 aromatic heterocycles. The molecule has 3 heteroatoms. The van der Waals surface area contributed by atoms with Crippen molar-refractivity contribution < 1.29 is 0 Å². The van der Waals surface area contributed by atoms with Gasteiger partial charge in [0.05, 0.1) is 11.7 Å². The molecule has 2 N–H and O–H groups in total. The molecule has 1 fully saturated rings. The minimum absolute atomic E-state index is 0.368. The van der Waals surface area contributed by atoms with Crippen molar-refractivity contribution in [3.05, 3.63) is 17.0 Å². The van der Waals surface area contributed by atoms with Gasteiger partial charge in [0.15, 0.2) is 0 Å². The molecule has 3 nitrogen and oxygen atoms in total. The van der Waals surface area contributed by atoms with Gasteiger partial charge in [0.1, 0.15) is 0 Å². The molecule has 2 rings (SSSR count). The van der Waals surface area contributed by atoms with Gasteiger partial charge in [-0.1, -0.05) is 0 Å². The van der Waals surface area contributed by atoms with Crippen molar-refractivity contribution in [2.24, 2.45) is 5.73 Å². The largest absolute Gasteiger partial charge is 0.328 e. The minimum atomic E-state index is 0.368. The Kier molecular flexibility index (Phi) is 2.83. The van der Waals surface area contributed by atoms with Crippen molar-refractivity contribution in [1.82, 2.24) is 9.78 Å². The molecule has 1 aliphatic carbocycles. The van der Waals surface area contributed by atoms with Gasteiger partial charge in [0.2, 0.25) is 0 Å². The summed E-state index contributed by atoms with van der Waals surface area (Å²) in [6.07, 6.45) is 4.73. The zero-order valence-corrected chi connectivity index (χ0v) is 9.95. The molecule has 84 valence electrons. The Morgan fingerprint density at radius 1 is 1.27 bits per heavy atom. The van der Waals surface area contributed by atoms with E-state index >= 15 is 0 Å². The number of hydrogen-bond donors (Lipinski definition) is 1. The maximum atomic E-state index is 6.02. The SMILES string of the molecule is Cc1nn(C2CCCC(N)C2)c(C)c1C. The van der Waals surface area contributed by atoms with E-state index in [4.69, 9.17) is 5.73 Å². The summed E-state index contributed by atoms with van der Waals surface area (Å²) in [5, 5.41) is 4.63. The van der Waals surface area contributed by atoms with Gasteiger partial charge in [-0.25, -0.2) is 0 Å². The molecule has 2 atom stereocenters. The van der Waals surface area contributed by atoms with E-state index in [9.17, 15) is 0 Å². The van der Waals surface area contributed by atoms with Crippen LogP contribution in [-0.2, 0) is 0 Å². The van der Waals surface area contributed by atoms with Crippen LogP contribution in [0.4, 0.5) is 0 Å². The molecule has 0 bridgehead atoms. The fourth-order valence-electron chi connectivity index (χ4n) is 2.52. The van der Waals surface area contributed by atoms with E-state index in [1.165, 1.54) is 30.5 Å². The number of nitrogens with two attached hydrogens (primary N) is 1. The lowest BCUT2D eigenvalue weighted by atomic mass is 9.91. The highest BCUT2D eigenvalue weighted by atomic mass is 15.3. The Labute approximate surface area is 91.7 Å². The summed E-state index contributed by atoms with van der Waals surface area (Å²) >= 11 is 0. The summed E-state index contributed by atoms with van der Waals surface area (Å²) < 4.78 is 2.20. The Balaban J connectivity index is 2.25. The Bertz CT molecular complexity index is 354. The number of aryl methyl sites for hydroxylation is 1. The third-order valence-electron chi connectivity index (χ3n) is 3.72. The zero-order valence-electron chi connectivity index (χ0n) is 9.95. The molecule has 0 aliphatic heterocycles. The second-order valence-corrected chi connectivity index (χ2v) is 4.82. The quantitative estimate of drug-likeness (QED) is 0.767. The van der Waals surface area contributed by atoms with Crippen LogP contribution in [0.25, 0.3) is 0 Å². The average molecular weight is 207 g/mol. The first-order valence-electron chi connectivity index (χ1n) is 5.87. The van der Waals surface area contributed by atoms with Gasteiger partial charge in [0, 0.05) is 11.7 Å². The van der Waals surface area contributed by atoms with Crippen LogP contribution in [0.15, 0.2) is 0 Å². The highest BCUT2D eigenvalue weighted by Gasteiger charge is 2.23. The van der Waals surface area contributed by atoms with E-state index in [1.54, 1.807) is 0 Å². The summed E-state index contributed by atoms with van der Waals surface area (Å²) in [4.78, 5) is 0. The second-order valence-electron chi connectivity index (χ2n) is 4.82. The number of nitrogens with zero attached hydrogens (tertiary/aromatic N) is 2. The third kappa shape index (κ3) is 1.93. The van der Waals surface area contributed by atoms with Crippen molar-refractivity contribution in [2.45, 2.75) is 58.5 Å². The molecule has 0 saturated heterocycles. The van der Waals surface area contributed by atoms with Crippen molar-refractivity contribution in [2.75, 3.05) is 0 Å². The molecule has 1 heterocycles. The highest BCUT2D eigenvalue weighted by molar-refractivity contribution is 5.22. The summed E-state index contributed by atoms with van der Waals surface area (Å²) in [7, 11) is 0. The topological polar surface area (TPSA) is 43.8 Å². The van der Waals surface area contributed by atoms with Gasteiger partial charge in [-0.2, -0.15) is 5.10 Å². The monoisotopic (exact) mass is 207 g/mol. The highest BCUT2D eigenvalue weighted by Crippen LogP contribution is 2.29. The first-order chi connectivity index (χ1) is 7.09. The van der Waals surface area contributed by atoms with Crippen molar-refractivity contribution >= 4 is 0 Å². The Morgan fingerprint density at radius 2 is 2.00 bits per heavy atom. The molecule has 2 unspecified atom stereocenters. The van der Waals surface area contributed by atoms with Crippen molar-refractivity contribution in [3.63, 3.8) is 0 Å². The van der Waals surface area contributed by atoms with Gasteiger partial charge in [-0.3, -0.25) is 4.68 Å². The van der Waals surface area contributed by atoms with Crippen LogP contribution in [-0.4, -0.2) is 15.8 Å². The average Bonchev–Trinajstić information content (AvgIpc) is 2.46. The maximum absolute atomic E-state index is 6.02. The maximum Gasteiger partial charge on any atom is 0.0625 e. The summed E-state index contributed by atoms with van der Waals surface area (Å²) in [5.41, 5.74) is 9.81. The fraction of sp³-hybridized carbons (Fsp3) is 0.750. The number of aromatic nitrogens is 2. The molecule has 15 heavy (non-hydrogen) atoms. The van der Waals surface area contributed by atoms with Crippen LogP contribution >= 0.6 is 0 Å². The predicted octanol–water partition coefficient (Wildman–Crippen LogP) is 2.25. The second kappa shape index (κ2) is 3.97. The number of hydrogen-bond acceptors (Lipinski definition) is 2. The van der Waals surface area contributed by atoms with E-state index < -0.39 is 0 Å². The van der Waals surface area contributed by atoms with Crippen molar-refractivity contribution in [3.8, 4) is 0 Å². The molecule has 0 aromatic carbocycles. The van der Waals surface area contributed by atoms with Gasteiger partial charge in [-0.05, 0) is 52.0 Å². The molecule has 1 saturated carbocycles. The Hall–Kier alpha value is -0.830. The zero-order chi connectivity index (χ0) is 11.0. The Morgan fingerprint density at radius 3 is 2.53 bits per heavy atom. The molecule has 0 radical (unpaired) electrons. The van der Waals surface area contributed by atoms with Gasteiger partial charge < -0.3 is 5.73 Å². The minimum Gasteiger partial charge on any atom is -0.328 e. The smallest absolute Gasteiger partial charge is 0.0625 e. The van der Waals surface area contributed by atoms with E-state index in [0.29, 0.717) is 12.1 Å². The van der Waals surface area contributed by atoms with Crippen LogP contribution in [0.3, 0.4) is 0 Å². The normalized spacial score (nSPS) is 26.9. The van der Waals surface area contributed by atoms with Gasteiger partial charge >= 0.3 is 0 Å². The summed E-state index contributed by atoms with van der Waals surface area (Å²) in [6, 6.07) is 0.897. The van der Waals surface area contributed by atoms with Crippen LogP contribution in [0, 0.1) is 20.8 Å². The first-order valence-corrected chi connectivity index (χ1v) is 5.87. The molecule has 0 spiro atoms. The first kappa shape index (κ1) is 10.7. The van der Waals surface area contributed by atoms with Gasteiger partial charge in [-0.15, -0.1) is 0 Å². The van der Waals surface area contributed by atoms with Crippen LogP contribution in [0.1, 0.15) is 48.7 Å². The lowest BCUT2D eigenvalue weighted by Crippen LogP contribution is -2.30. The predicted molar refractivity (Wildman–Crippen MR) is 61.9 cm³/mol. The van der Waals surface area contributed by atoms with E-state index in [1.807, 2.05) is 0 Å². The van der Waals surface area contributed by atoms with E-state index in [-0.39, 0.29) is 0 Å². The molecular weight excluding hydrogens is 186 g/mol. The standard InChI is InChI=1S/C12H21N3/c1-8-9(2)14-15(10(8)3)12-6-4-5-11(13)7-12/h11-12H,4-7,13H2,1-3H3. The van der Waals surface area contributed by atoms with E-state index in [2.05, 4.69) is 30.6 Å². The van der Waals surface area contributed by atoms with Crippen LogP contribution in [0.5, 0.6) is 0 Å². The summed E-state index contributed by atoms with van der Waals surface area (Å²) in [6.45, 7) is 6.40. The van der Waals surface area contributed by atoms with Crippen LogP contribution in [0.2, 0.25) is 0 Å². The van der Waals surface area contributed by atoms with Gasteiger partial charge in [0.25, 0.3) is 0 Å². The third-order valence-corrected chi connectivity index (χ3v) is 3.72. The molecular formula is C12H21N3. The molecule has 0 amide bonds. The lowest BCUT2D eigenvalue weighted by molar-refractivity contribution is 0.296. The van der Waals surface area contributed by atoms with Crippen molar-refractivity contribution in [1.29, 1.82) is 0 Å². The molecule has 1 aromatic rings. The lowest BCUT2D eigenvalue weighted by Gasteiger charge is -2.27. The summed E-state index contributed by atoms with van der Waals surface area (Å²) in [5.74, 6) is 0. The molecule has 1 aliphatic rings. The van der Waals surface area contributed by atoms with E-state index in [0.717, 1.165) is 12.1 Å². The van der Waals surface area contributed by atoms with Crippen LogP contribution < -0.4 is 5.73 Å². The number of rotatable bonds is 1.